The lowest BCUT2D eigenvalue weighted by Gasteiger charge is -2.36. The molecule has 134 valence electrons. The van der Waals surface area contributed by atoms with Crippen LogP contribution in [0.15, 0.2) is 54.6 Å². The van der Waals surface area contributed by atoms with Crippen molar-refractivity contribution in [3.63, 3.8) is 0 Å². The summed E-state index contributed by atoms with van der Waals surface area (Å²) in [7, 11) is 0. The van der Waals surface area contributed by atoms with E-state index in [4.69, 9.17) is 4.98 Å². The molecule has 4 rings (SSSR count). The number of aromatic nitrogens is 1. The van der Waals surface area contributed by atoms with Gasteiger partial charge in [-0.15, -0.1) is 0 Å². The van der Waals surface area contributed by atoms with Crippen molar-refractivity contribution in [3.05, 3.63) is 71.4 Å². The van der Waals surface area contributed by atoms with Crippen LogP contribution < -0.4 is 4.90 Å². The minimum Gasteiger partial charge on any atom is -0.369 e. The molecule has 0 N–H and O–H groups in total. The van der Waals surface area contributed by atoms with E-state index in [0.717, 1.165) is 44.7 Å². The lowest BCUT2D eigenvalue weighted by atomic mass is 10.1. The molecule has 0 unspecified atom stereocenters. The molecule has 3 nitrogen and oxygen atoms in total. The summed E-state index contributed by atoms with van der Waals surface area (Å²) in [6.45, 7) is 9.94. The van der Waals surface area contributed by atoms with Gasteiger partial charge >= 0.3 is 0 Å². The first-order valence-corrected chi connectivity index (χ1v) is 9.58. The molecule has 1 aliphatic heterocycles. The largest absolute Gasteiger partial charge is 0.369 e. The second-order valence-corrected chi connectivity index (χ2v) is 7.36. The topological polar surface area (TPSA) is 19.4 Å². The lowest BCUT2D eigenvalue weighted by molar-refractivity contribution is 0.260. The van der Waals surface area contributed by atoms with Crippen LogP contribution in [0.1, 0.15) is 16.8 Å². The molecule has 1 aromatic heterocycles. The maximum atomic E-state index is 4.80. The predicted octanol–water partition coefficient (Wildman–Crippen LogP) is 4.22. The number of fused-ring (bicyclic) bond motifs is 1. The van der Waals surface area contributed by atoms with Crippen LogP contribution >= 0.6 is 0 Å². The van der Waals surface area contributed by atoms with Crippen LogP contribution in [0.5, 0.6) is 0 Å². The van der Waals surface area contributed by atoms with Crippen molar-refractivity contribution >= 4 is 16.6 Å². The van der Waals surface area contributed by atoms with Crippen LogP contribution in [0.2, 0.25) is 0 Å². The third kappa shape index (κ3) is 3.73. The third-order valence-electron chi connectivity index (χ3n) is 5.41. The number of aryl methyl sites for hydroxylation is 2. The Kier molecular flexibility index (Phi) is 4.89. The number of piperazine rings is 1. The Hall–Kier alpha value is -2.39. The fourth-order valence-electron chi connectivity index (χ4n) is 3.89. The van der Waals surface area contributed by atoms with Gasteiger partial charge in [0.05, 0.1) is 5.52 Å². The van der Waals surface area contributed by atoms with E-state index < -0.39 is 0 Å². The summed E-state index contributed by atoms with van der Waals surface area (Å²) < 4.78 is 0. The summed E-state index contributed by atoms with van der Waals surface area (Å²) in [5.41, 5.74) is 6.42. The number of hydrogen-bond acceptors (Lipinski definition) is 3. The van der Waals surface area contributed by atoms with Crippen LogP contribution in [0, 0.1) is 13.8 Å². The SMILES string of the molecule is Cc1ccc(N2CCN(CCc3ccc4ccccc4n3)CC2)c(C)c1. The van der Waals surface area contributed by atoms with Crippen molar-refractivity contribution in [3.8, 4) is 0 Å². The van der Waals surface area contributed by atoms with E-state index >= 15 is 0 Å². The third-order valence-corrected chi connectivity index (χ3v) is 5.41. The maximum Gasteiger partial charge on any atom is 0.0705 e. The molecule has 1 saturated heterocycles. The molecule has 1 aliphatic rings. The van der Waals surface area contributed by atoms with Gasteiger partial charge in [-0.25, -0.2) is 0 Å². The van der Waals surface area contributed by atoms with E-state index in [1.807, 2.05) is 0 Å². The van der Waals surface area contributed by atoms with E-state index in [-0.39, 0.29) is 0 Å². The maximum absolute atomic E-state index is 4.80. The smallest absolute Gasteiger partial charge is 0.0705 e. The zero-order valence-corrected chi connectivity index (χ0v) is 15.8. The summed E-state index contributed by atoms with van der Waals surface area (Å²) in [5.74, 6) is 0. The molecule has 0 atom stereocenters. The Balaban J connectivity index is 1.33. The molecule has 2 heterocycles. The Morgan fingerprint density at radius 2 is 1.69 bits per heavy atom. The van der Waals surface area contributed by atoms with Crippen molar-refractivity contribution < 1.29 is 0 Å². The van der Waals surface area contributed by atoms with Gasteiger partial charge < -0.3 is 4.90 Å². The summed E-state index contributed by atoms with van der Waals surface area (Å²) in [6.07, 6.45) is 1.02. The van der Waals surface area contributed by atoms with Gasteiger partial charge in [0.25, 0.3) is 0 Å². The van der Waals surface area contributed by atoms with Crippen LogP contribution in [0.25, 0.3) is 10.9 Å². The van der Waals surface area contributed by atoms with Gasteiger partial charge in [0, 0.05) is 55.9 Å². The number of pyridine rings is 1. The number of para-hydroxylation sites is 1. The monoisotopic (exact) mass is 345 g/mol. The van der Waals surface area contributed by atoms with Crippen LogP contribution in [-0.2, 0) is 6.42 Å². The van der Waals surface area contributed by atoms with Gasteiger partial charge in [-0.3, -0.25) is 9.88 Å². The van der Waals surface area contributed by atoms with E-state index in [1.54, 1.807) is 0 Å². The molecule has 3 aromatic rings. The van der Waals surface area contributed by atoms with Gasteiger partial charge in [0.15, 0.2) is 0 Å². The standard InChI is InChI=1S/C23H27N3/c1-18-7-10-23(19(2)17-18)26-15-13-25(14-16-26)12-11-21-9-8-20-5-3-4-6-22(20)24-21/h3-10,17H,11-16H2,1-2H3. The quantitative estimate of drug-likeness (QED) is 0.706. The molecule has 0 bridgehead atoms. The van der Waals surface area contributed by atoms with Crippen molar-refractivity contribution in [1.29, 1.82) is 0 Å². The average molecular weight is 345 g/mol. The number of anilines is 1. The Morgan fingerprint density at radius 1 is 0.885 bits per heavy atom. The van der Waals surface area contributed by atoms with Crippen molar-refractivity contribution in [1.82, 2.24) is 9.88 Å². The van der Waals surface area contributed by atoms with Gasteiger partial charge in [0.1, 0.15) is 0 Å². The van der Waals surface area contributed by atoms with Crippen LogP contribution in [0.3, 0.4) is 0 Å². The number of nitrogens with zero attached hydrogens (tertiary/aromatic N) is 3. The highest BCUT2D eigenvalue weighted by Crippen LogP contribution is 2.22. The van der Waals surface area contributed by atoms with Crippen LogP contribution in [-0.4, -0.2) is 42.6 Å². The highest BCUT2D eigenvalue weighted by molar-refractivity contribution is 5.78. The van der Waals surface area contributed by atoms with E-state index in [0.29, 0.717) is 0 Å². The van der Waals surface area contributed by atoms with E-state index in [2.05, 4.69) is 78.2 Å². The molecule has 0 spiro atoms. The average Bonchev–Trinajstić information content (AvgIpc) is 2.67. The molecule has 1 fully saturated rings. The highest BCUT2D eigenvalue weighted by Gasteiger charge is 2.18. The molecule has 0 saturated carbocycles. The number of hydrogen-bond donors (Lipinski definition) is 0. The van der Waals surface area contributed by atoms with Crippen molar-refractivity contribution in [2.24, 2.45) is 0 Å². The van der Waals surface area contributed by atoms with Gasteiger partial charge in [-0.2, -0.15) is 0 Å². The summed E-state index contributed by atoms with van der Waals surface area (Å²) in [4.78, 5) is 9.90. The molecule has 0 radical (unpaired) electrons. The zero-order valence-electron chi connectivity index (χ0n) is 15.8. The number of rotatable bonds is 4. The van der Waals surface area contributed by atoms with Gasteiger partial charge in [-0.1, -0.05) is 42.0 Å². The van der Waals surface area contributed by atoms with Gasteiger partial charge in [0.2, 0.25) is 0 Å². The Bertz CT molecular complexity index is 895. The first kappa shape index (κ1) is 17.0. The molecule has 3 heteroatoms. The highest BCUT2D eigenvalue weighted by atomic mass is 15.3. The first-order chi connectivity index (χ1) is 12.7. The minimum atomic E-state index is 1.02. The normalized spacial score (nSPS) is 15.5. The second-order valence-electron chi connectivity index (χ2n) is 7.36. The molecular formula is C23H27N3. The Morgan fingerprint density at radius 3 is 2.50 bits per heavy atom. The molecule has 0 amide bonds. The molecular weight excluding hydrogens is 318 g/mol. The summed E-state index contributed by atoms with van der Waals surface area (Å²) in [6, 6.07) is 19.5. The van der Waals surface area contributed by atoms with E-state index in [9.17, 15) is 0 Å². The second kappa shape index (κ2) is 7.46. The minimum absolute atomic E-state index is 1.02. The first-order valence-electron chi connectivity index (χ1n) is 9.58. The Labute approximate surface area is 156 Å². The zero-order chi connectivity index (χ0) is 17.9. The van der Waals surface area contributed by atoms with E-state index in [1.165, 1.54) is 27.9 Å². The van der Waals surface area contributed by atoms with Crippen LogP contribution in [0.4, 0.5) is 5.69 Å². The summed E-state index contributed by atoms with van der Waals surface area (Å²) in [5, 5.41) is 1.22. The lowest BCUT2D eigenvalue weighted by Crippen LogP contribution is -2.47. The van der Waals surface area contributed by atoms with Crippen molar-refractivity contribution in [2.45, 2.75) is 20.3 Å². The fraction of sp³-hybridized carbons (Fsp3) is 0.348. The molecule has 26 heavy (non-hydrogen) atoms. The predicted molar refractivity (Wildman–Crippen MR) is 110 cm³/mol. The number of benzene rings is 2. The summed E-state index contributed by atoms with van der Waals surface area (Å²) >= 11 is 0. The van der Waals surface area contributed by atoms with Gasteiger partial charge in [-0.05, 0) is 37.6 Å². The van der Waals surface area contributed by atoms with Crippen molar-refractivity contribution in [2.75, 3.05) is 37.6 Å². The fourth-order valence-corrected chi connectivity index (χ4v) is 3.89. The molecule has 0 aliphatic carbocycles. The molecule has 2 aromatic carbocycles.